The van der Waals surface area contributed by atoms with Gasteiger partial charge in [-0.25, -0.2) is 14.0 Å². The molecule has 0 saturated heterocycles. The normalized spacial score (nSPS) is 12.8. The summed E-state index contributed by atoms with van der Waals surface area (Å²) in [6, 6.07) is 6.03. The Bertz CT molecular complexity index is 1160. The predicted molar refractivity (Wildman–Crippen MR) is 101 cm³/mol. The van der Waals surface area contributed by atoms with Crippen molar-refractivity contribution in [3.63, 3.8) is 0 Å². The predicted octanol–water partition coefficient (Wildman–Crippen LogP) is 3.36. The molecule has 0 unspecified atom stereocenters. The van der Waals surface area contributed by atoms with E-state index in [0.717, 1.165) is 41.9 Å². The molecule has 3 aromatic rings. The van der Waals surface area contributed by atoms with Crippen LogP contribution in [-0.4, -0.2) is 24.0 Å². The van der Waals surface area contributed by atoms with Gasteiger partial charge in [-0.15, -0.1) is 11.3 Å². The van der Waals surface area contributed by atoms with E-state index in [1.54, 1.807) is 12.1 Å². The number of esters is 2. The number of fused-ring (bicyclic) bond motifs is 2. The number of nitrogens with one attached hydrogen (secondary N) is 1. The lowest BCUT2D eigenvalue weighted by Gasteiger charge is -2.08. The summed E-state index contributed by atoms with van der Waals surface area (Å²) in [5.74, 6) is -1.98. The standard InChI is InChI=1S/C20H16FNO5S/c1-26-20(25)17-12(16-13(21)5-3-7-15(16)28-17)9-27-19(24)11-8-10-4-2-6-14(10)22-18(11)23/h3,5,7-8H,2,4,6,9H2,1H3,(H,22,23). The lowest BCUT2D eigenvalue weighted by Crippen LogP contribution is -2.21. The molecule has 0 saturated carbocycles. The SMILES string of the molecule is COC(=O)c1sc2cccc(F)c2c1COC(=O)c1cc2c([nH]c1=O)CCC2. The van der Waals surface area contributed by atoms with Crippen molar-refractivity contribution in [1.82, 2.24) is 4.98 Å². The Labute approximate surface area is 162 Å². The highest BCUT2D eigenvalue weighted by atomic mass is 32.1. The van der Waals surface area contributed by atoms with Gasteiger partial charge < -0.3 is 14.5 Å². The summed E-state index contributed by atoms with van der Waals surface area (Å²) in [7, 11) is 1.23. The van der Waals surface area contributed by atoms with Gasteiger partial charge in [-0.2, -0.15) is 0 Å². The fraction of sp³-hybridized carbons (Fsp3) is 0.250. The summed E-state index contributed by atoms with van der Waals surface area (Å²) in [4.78, 5) is 39.6. The number of halogens is 1. The van der Waals surface area contributed by atoms with E-state index >= 15 is 0 Å². The second-order valence-electron chi connectivity index (χ2n) is 6.46. The van der Waals surface area contributed by atoms with Crippen LogP contribution < -0.4 is 5.56 Å². The number of aromatic amines is 1. The quantitative estimate of drug-likeness (QED) is 0.678. The first-order chi connectivity index (χ1) is 13.5. The first-order valence-corrected chi connectivity index (χ1v) is 9.51. The molecule has 8 heteroatoms. The van der Waals surface area contributed by atoms with Crippen LogP contribution in [0.4, 0.5) is 4.39 Å². The van der Waals surface area contributed by atoms with Crippen molar-refractivity contribution in [3.05, 3.63) is 67.7 Å². The van der Waals surface area contributed by atoms with Crippen molar-refractivity contribution in [2.24, 2.45) is 0 Å². The van der Waals surface area contributed by atoms with Gasteiger partial charge in [0.15, 0.2) is 0 Å². The third kappa shape index (κ3) is 3.09. The molecule has 0 bridgehead atoms. The Hall–Kier alpha value is -3.00. The zero-order valence-corrected chi connectivity index (χ0v) is 15.8. The largest absolute Gasteiger partial charge is 0.465 e. The number of methoxy groups -OCH3 is 1. The van der Waals surface area contributed by atoms with E-state index in [2.05, 4.69) is 4.98 Å². The van der Waals surface area contributed by atoms with Gasteiger partial charge >= 0.3 is 11.9 Å². The van der Waals surface area contributed by atoms with Crippen LogP contribution in [0.5, 0.6) is 0 Å². The molecule has 4 rings (SSSR count). The van der Waals surface area contributed by atoms with Gasteiger partial charge in [0.25, 0.3) is 5.56 Å². The number of aromatic nitrogens is 1. The zero-order chi connectivity index (χ0) is 19.8. The number of hydrogen-bond donors (Lipinski definition) is 1. The first kappa shape index (κ1) is 18.4. The molecule has 0 radical (unpaired) electrons. The van der Waals surface area contributed by atoms with Crippen LogP contribution in [0.15, 0.2) is 29.1 Å². The highest BCUT2D eigenvalue weighted by Gasteiger charge is 2.24. The van der Waals surface area contributed by atoms with Crippen molar-refractivity contribution in [3.8, 4) is 0 Å². The number of rotatable bonds is 4. The van der Waals surface area contributed by atoms with Crippen molar-refractivity contribution >= 4 is 33.4 Å². The van der Waals surface area contributed by atoms with Crippen LogP contribution in [0.2, 0.25) is 0 Å². The van der Waals surface area contributed by atoms with E-state index < -0.39 is 23.3 Å². The second-order valence-corrected chi connectivity index (χ2v) is 7.51. The van der Waals surface area contributed by atoms with E-state index in [1.165, 1.54) is 19.2 Å². The number of hydrogen-bond acceptors (Lipinski definition) is 6. The van der Waals surface area contributed by atoms with Gasteiger partial charge in [-0.1, -0.05) is 6.07 Å². The Morgan fingerprint density at radius 2 is 2.07 bits per heavy atom. The topological polar surface area (TPSA) is 85.5 Å². The molecule has 144 valence electrons. The lowest BCUT2D eigenvalue weighted by molar-refractivity contribution is 0.0462. The maximum Gasteiger partial charge on any atom is 0.348 e. The highest BCUT2D eigenvalue weighted by Crippen LogP contribution is 2.34. The summed E-state index contributed by atoms with van der Waals surface area (Å²) in [5.41, 5.74) is 1.39. The van der Waals surface area contributed by atoms with Crippen molar-refractivity contribution < 1.29 is 23.5 Å². The summed E-state index contributed by atoms with van der Waals surface area (Å²) in [6.07, 6.45) is 2.49. The molecule has 2 heterocycles. The zero-order valence-electron chi connectivity index (χ0n) is 15.0. The lowest BCUT2D eigenvalue weighted by atomic mass is 10.1. The number of benzene rings is 1. The molecule has 0 atom stereocenters. The second kappa shape index (κ2) is 7.20. The Morgan fingerprint density at radius 1 is 1.25 bits per heavy atom. The number of carbonyl (C=O) groups is 2. The molecule has 0 spiro atoms. The van der Waals surface area contributed by atoms with E-state index in [4.69, 9.17) is 9.47 Å². The van der Waals surface area contributed by atoms with E-state index in [1.807, 2.05) is 0 Å². The number of H-pyrrole nitrogens is 1. The van der Waals surface area contributed by atoms with Gasteiger partial charge in [0.2, 0.25) is 0 Å². The fourth-order valence-corrected chi connectivity index (χ4v) is 4.58. The van der Waals surface area contributed by atoms with Crippen LogP contribution >= 0.6 is 11.3 Å². The molecule has 1 N–H and O–H groups in total. The summed E-state index contributed by atoms with van der Waals surface area (Å²) in [5, 5.41) is 0.212. The van der Waals surface area contributed by atoms with E-state index in [9.17, 15) is 18.8 Å². The molecular formula is C20H16FNO5S. The monoisotopic (exact) mass is 401 g/mol. The van der Waals surface area contributed by atoms with Crippen LogP contribution in [0, 0.1) is 5.82 Å². The van der Waals surface area contributed by atoms with Gasteiger partial charge in [-0.05, 0) is 43.0 Å². The maximum atomic E-state index is 14.3. The highest BCUT2D eigenvalue weighted by molar-refractivity contribution is 7.21. The van der Waals surface area contributed by atoms with E-state index in [-0.39, 0.29) is 28.0 Å². The minimum Gasteiger partial charge on any atom is -0.465 e. The number of thiophene rings is 1. The molecule has 6 nitrogen and oxygen atoms in total. The van der Waals surface area contributed by atoms with Crippen molar-refractivity contribution in [2.75, 3.05) is 7.11 Å². The van der Waals surface area contributed by atoms with E-state index in [0.29, 0.717) is 4.70 Å². The molecule has 1 aliphatic carbocycles. The maximum absolute atomic E-state index is 14.3. The van der Waals surface area contributed by atoms with Crippen LogP contribution in [-0.2, 0) is 28.9 Å². The average Bonchev–Trinajstić information content (AvgIpc) is 3.29. The van der Waals surface area contributed by atoms with Crippen molar-refractivity contribution in [1.29, 1.82) is 0 Å². The summed E-state index contributed by atoms with van der Waals surface area (Å²) >= 11 is 1.06. The Kier molecular flexibility index (Phi) is 4.72. The van der Waals surface area contributed by atoms with Crippen molar-refractivity contribution in [2.45, 2.75) is 25.9 Å². The van der Waals surface area contributed by atoms with Gasteiger partial charge in [0.1, 0.15) is 22.9 Å². The van der Waals surface area contributed by atoms with Crippen LogP contribution in [0.3, 0.4) is 0 Å². The van der Waals surface area contributed by atoms with Gasteiger partial charge in [0, 0.05) is 21.3 Å². The molecule has 0 fully saturated rings. The number of pyridine rings is 1. The number of aryl methyl sites for hydroxylation is 2. The number of carbonyl (C=O) groups excluding carboxylic acids is 2. The Balaban J connectivity index is 1.67. The molecule has 0 amide bonds. The fourth-order valence-electron chi connectivity index (χ4n) is 3.44. The summed E-state index contributed by atoms with van der Waals surface area (Å²) < 4.78 is 24.9. The minimum absolute atomic E-state index is 0.0970. The third-order valence-electron chi connectivity index (χ3n) is 4.79. The molecule has 28 heavy (non-hydrogen) atoms. The van der Waals surface area contributed by atoms with Gasteiger partial charge in [-0.3, -0.25) is 4.79 Å². The molecule has 1 aliphatic rings. The molecule has 0 aliphatic heterocycles. The summed E-state index contributed by atoms with van der Waals surface area (Å²) in [6.45, 7) is -0.347. The van der Waals surface area contributed by atoms with Crippen LogP contribution in [0.25, 0.3) is 10.1 Å². The van der Waals surface area contributed by atoms with Crippen LogP contribution in [0.1, 0.15) is 43.3 Å². The average molecular weight is 401 g/mol. The molecular weight excluding hydrogens is 385 g/mol. The molecule has 2 aromatic heterocycles. The smallest absolute Gasteiger partial charge is 0.348 e. The first-order valence-electron chi connectivity index (χ1n) is 8.70. The molecule has 1 aromatic carbocycles. The van der Waals surface area contributed by atoms with Gasteiger partial charge in [0.05, 0.1) is 7.11 Å². The number of ether oxygens (including phenoxy) is 2. The minimum atomic E-state index is -0.817. The Morgan fingerprint density at radius 3 is 2.86 bits per heavy atom. The third-order valence-corrected chi connectivity index (χ3v) is 5.97.